The molecule has 2 N–H and O–H groups in total. The van der Waals surface area contributed by atoms with Crippen LogP contribution in [0.2, 0.25) is 0 Å². The number of aryl methyl sites for hydroxylation is 1. The molecule has 2 rings (SSSR count). The highest BCUT2D eigenvalue weighted by atomic mass is 16.5. The topological polar surface area (TPSA) is 67.2 Å². The Hall–Kier alpha value is -2.30. The Morgan fingerprint density at radius 2 is 1.95 bits per heavy atom. The average Bonchev–Trinajstić information content (AvgIpc) is 2.96. The number of benzene rings is 1. The van der Waals surface area contributed by atoms with Crippen LogP contribution in [0.25, 0.3) is 0 Å². The Morgan fingerprint density at radius 3 is 2.55 bits per heavy atom. The van der Waals surface area contributed by atoms with E-state index in [0.717, 1.165) is 24.1 Å². The minimum atomic E-state index is -0.186. The second kappa shape index (κ2) is 7.11. The number of nitrogens with zero attached hydrogens (tertiary/aromatic N) is 1. The van der Waals surface area contributed by atoms with Gasteiger partial charge in [0.25, 0.3) is 0 Å². The third kappa shape index (κ3) is 4.91. The van der Waals surface area contributed by atoms with E-state index < -0.39 is 0 Å². The molecule has 1 aromatic heterocycles. The van der Waals surface area contributed by atoms with Gasteiger partial charge in [0.15, 0.2) is 0 Å². The van der Waals surface area contributed by atoms with Gasteiger partial charge in [0, 0.05) is 17.8 Å². The Labute approximate surface area is 131 Å². The number of aromatic nitrogens is 1. The molecule has 0 aliphatic carbocycles. The summed E-state index contributed by atoms with van der Waals surface area (Å²) in [5.41, 5.74) is 3.19. The zero-order valence-corrected chi connectivity index (χ0v) is 13.3. The SMILES string of the molecule is CC(C)(C)c1ccc(NC(=O)NCCCc2cnoc2)cc1. The number of carbonyl (C=O) groups excluding carboxylic acids is 1. The van der Waals surface area contributed by atoms with Crippen LogP contribution in [0.15, 0.2) is 41.2 Å². The number of urea groups is 1. The van der Waals surface area contributed by atoms with Crippen molar-refractivity contribution in [3.63, 3.8) is 0 Å². The lowest BCUT2D eigenvalue weighted by Gasteiger charge is -2.19. The molecule has 1 aromatic carbocycles. The summed E-state index contributed by atoms with van der Waals surface area (Å²) in [7, 11) is 0. The molecule has 0 unspecified atom stereocenters. The first kappa shape index (κ1) is 16.1. The molecule has 2 aromatic rings. The third-order valence-corrected chi connectivity index (χ3v) is 3.42. The summed E-state index contributed by atoms with van der Waals surface area (Å²) in [6.07, 6.45) is 5.00. The minimum Gasteiger partial charge on any atom is -0.364 e. The molecule has 0 spiro atoms. The van der Waals surface area contributed by atoms with Gasteiger partial charge in [-0.15, -0.1) is 0 Å². The summed E-state index contributed by atoms with van der Waals surface area (Å²) >= 11 is 0. The highest BCUT2D eigenvalue weighted by Gasteiger charge is 2.13. The molecule has 5 heteroatoms. The largest absolute Gasteiger partial charge is 0.364 e. The normalized spacial score (nSPS) is 11.2. The zero-order chi connectivity index (χ0) is 16.0. The van der Waals surface area contributed by atoms with Crippen LogP contribution in [0.3, 0.4) is 0 Å². The fourth-order valence-corrected chi connectivity index (χ4v) is 2.07. The highest BCUT2D eigenvalue weighted by molar-refractivity contribution is 5.89. The number of rotatable bonds is 5. The van der Waals surface area contributed by atoms with Crippen LogP contribution in [0.4, 0.5) is 10.5 Å². The molecule has 22 heavy (non-hydrogen) atoms. The van der Waals surface area contributed by atoms with E-state index in [-0.39, 0.29) is 11.4 Å². The molecule has 2 amide bonds. The van der Waals surface area contributed by atoms with Gasteiger partial charge in [-0.3, -0.25) is 0 Å². The van der Waals surface area contributed by atoms with Crippen molar-refractivity contribution in [2.45, 2.75) is 39.0 Å². The quantitative estimate of drug-likeness (QED) is 0.827. The van der Waals surface area contributed by atoms with E-state index >= 15 is 0 Å². The number of nitrogens with one attached hydrogen (secondary N) is 2. The van der Waals surface area contributed by atoms with E-state index in [0.29, 0.717) is 6.54 Å². The predicted molar refractivity (Wildman–Crippen MR) is 87.0 cm³/mol. The number of carbonyl (C=O) groups is 1. The monoisotopic (exact) mass is 301 g/mol. The molecule has 0 saturated heterocycles. The molecule has 0 bridgehead atoms. The molecule has 0 aliphatic rings. The second-order valence-corrected chi connectivity index (χ2v) is 6.34. The average molecular weight is 301 g/mol. The van der Waals surface area contributed by atoms with Crippen LogP contribution in [-0.2, 0) is 11.8 Å². The van der Waals surface area contributed by atoms with Gasteiger partial charge in [-0.05, 0) is 36.0 Å². The molecule has 0 radical (unpaired) electrons. The fourth-order valence-electron chi connectivity index (χ4n) is 2.07. The molecule has 118 valence electrons. The van der Waals surface area contributed by atoms with E-state index in [2.05, 4.69) is 36.6 Å². The lowest BCUT2D eigenvalue weighted by Crippen LogP contribution is -2.29. The highest BCUT2D eigenvalue weighted by Crippen LogP contribution is 2.23. The van der Waals surface area contributed by atoms with Gasteiger partial charge >= 0.3 is 6.03 Å². The van der Waals surface area contributed by atoms with Gasteiger partial charge in [0.05, 0.1) is 6.20 Å². The van der Waals surface area contributed by atoms with Crippen LogP contribution in [0.5, 0.6) is 0 Å². The first-order valence-electron chi connectivity index (χ1n) is 7.49. The molecule has 0 aliphatic heterocycles. The van der Waals surface area contributed by atoms with Crippen LogP contribution >= 0.6 is 0 Å². The van der Waals surface area contributed by atoms with Gasteiger partial charge in [0.1, 0.15) is 6.26 Å². The van der Waals surface area contributed by atoms with Crippen LogP contribution in [0, 0.1) is 0 Å². The molecular weight excluding hydrogens is 278 g/mol. The lowest BCUT2D eigenvalue weighted by molar-refractivity contribution is 0.252. The van der Waals surface area contributed by atoms with E-state index in [1.807, 2.05) is 24.3 Å². The van der Waals surface area contributed by atoms with Crippen LogP contribution in [-0.4, -0.2) is 17.7 Å². The number of hydrogen-bond acceptors (Lipinski definition) is 3. The Kier molecular flexibility index (Phi) is 5.20. The summed E-state index contributed by atoms with van der Waals surface area (Å²) in [6, 6.07) is 7.76. The third-order valence-electron chi connectivity index (χ3n) is 3.42. The Bertz CT molecular complexity index is 583. The molecule has 5 nitrogen and oxygen atoms in total. The van der Waals surface area contributed by atoms with Gasteiger partial charge in [0.2, 0.25) is 0 Å². The molecule has 1 heterocycles. The van der Waals surface area contributed by atoms with Crippen molar-refractivity contribution in [1.82, 2.24) is 10.5 Å². The van der Waals surface area contributed by atoms with Crippen molar-refractivity contribution < 1.29 is 9.32 Å². The molecule has 0 fully saturated rings. The van der Waals surface area contributed by atoms with Gasteiger partial charge in [-0.25, -0.2) is 4.79 Å². The Morgan fingerprint density at radius 1 is 1.23 bits per heavy atom. The number of amides is 2. The second-order valence-electron chi connectivity index (χ2n) is 6.34. The number of hydrogen-bond donors (Lipinski definition) is 2. The van der Waals surface area contributed by atoms with Crippen molar-refractivity contribution in [2.75, 3.05) is 11.9 Å². The molecule has 0 atom stereocenters. The van der Waals surface area contributed by atoms with Crippen molar-refractivity contribution in [2.24, 2.45) is 0 Å². The van der Waals surface area contributed by atoms with Gasteiger partial charge in [-0.2, -0.15) is 0 Å². The van der Waals surface area contributed by atoms with Gasteiger partial charge < -0.3 is 15.2 Å². The maximum Gasteiger partial charge on any atom is 0.319 e. The standard InChI is InChI=1S/C17H23N3O2/c1-17(2,3)14-6-8-15(9-7-14)20-16(21)18-10-4-5-13-11-19-22-12-13/h6-9,11-12H,4-5,10H2,1-3H3,(H2,18,20,21). The van der Waals surface area contributed by atoms with Crippen molar-refractivity contribution in [3.05, 3.63) is 47.9 Å². The summed E-state index contributed by atoms with van der Waals surface area (Å²) in [5, 5.41) is 9.31. The van der Waals surface area contributed by atoms with Crippen LogP contribution < -0.4 is 10.6 Å². The lowest BCUT2D eigenvalue weighted by atomic mass is 9.87. The van der Waals surface area contributed by atoms with Crippen molar-refractivity contribution in [3.8, 4) is 0 Å². The van der Waals surface area contributed by atoms with Crippen molar-refractivity contribution >= 4 is 11.7 Å². The molecule has 0 saturated carbocycles. The predicted octanol–water partition coefficient (Wildman–Crippen LogP) is 3.73. The maximum absolute atomic E-state index is 11.8. The van der Waals surface area contributed by atoms with Crippen molar-refractivity contribution in [1.29, 1.82) is 0 Å². The molecular formula is C17H23N3O2. The van der Waals surface area contributed by atoms with E-state index in [1.54, 1.807) is 12.5 Å². The summed E-state index contributed by atoms with van der Waals surface area (Å²) in [5.74, 6) is 0. The van der Waals surface area contributed by atoms with E-state index in [1.165, 1.54) is 5.56 Å². The summed E-state index contributed by atoms with van der Waals surface area (Å²) in [6.45, 7) is 7.10. The minimum absolute atomic E-state index is 0.114. The zero-order valence-electron chi connectivity index (χ0n) is 13.3. The smallest absolute Gasteiger partial charge is 0.319 e. The van der Waals surface area contributed by atoms with E-state index in [4.69, 9.17) is 4.52 Å². The Balaban J connectivity index is 1.72. The van der Waals surface area contributed by atoms with Gasteiger partial charge in [-0.1, -0.05) is 38.1 Å². The first-order chi connectivity index (χ1) is 10.4. The summed E-state index contributed by atoms with van der Waals surface area (Å²) in [4.78, 5) is 11.8. The number of anilines is 1. The first-order valence-corrected chi connectivity index (χ1v) is 7.49. The fraction of sp³-hybridized carbons (Fsp3) is 0.412. The van der Waals surface area contributed by atoms with Crippen LogP contribution in [0.1, 0.15) is 38.3 Å². The maximum atomic E-state index is 11.8. The van der Waals surface area contributed by atoms with E-state index in [9.17, 15) is 4.79 Å². The summed E-state index contributed by atoms with van der Waals surface area (Å²) < 4.78 is 4.76.